The molecule has 0 spiro atoms. The Balaban J connectivity index is 2.32. The second kappa shape index (κ2) is 5.95. The molecule has 2 rings (SSSR count). The molecule has 0 aliphatic heterocycles. The highest BCUT2D eigenvalue weighted by Crippen LogP contribution is 2.26. The van der Waals surface area contributed by atoms with Crippen molar-refractivity contribution in [2.24, 2.45) is 0 Å². The predicted molar refractivity (Wildman–Crippen MR) is 81.3 cm³/mol. The van der Waals surface area contributed by atoms with E-state index in [1.807, 2.05) is 37.3 Å². The van der Waals surface area contributed by atoms with Crippen LogP contribution < -0.4 is 0 Å². The summed E-state index contributed by atoms with van der Waals surface area (Å²) in [6, 6.07) is 15.5. The molecule has 3 nitrogen and oxygen atoms in total. The van der Waals surface area contributed by atoms with Gasteiger partial charge in [-0.1, -0.05) is 41.9 Å². The van der Waals surface area contributed by atoms with E-state index in [1.165, 1.54) is 16.4 Å². The first-order valence-corrected chi connectivity index (χ1v) is 8.03. The maximum absolute atomic E-state index is 12.5. The van der Waals surface area contributed by atoms with Crippen molar-refractivity contribution in [3.63, 3.8) is 0 Å². The van der Waals surface area contributed by atoms with Gasteiger partial charge in [0.25, 0.3) is 0 Å². The Kier molecular flexibility index (Phi) is 4.48. The van der Waals surface area contributed by atoms with Crippen LogP contribution in [0.5, 0.6) is 0 Å². The number of sulfonamides is 1. The van der Waals surface area contributed by atoms with Gasteiger partial charge in [0.05, 0.1) is 4.90 Å². The van der Waals surface area contributed by atoms with E-state index in [9.17, 15) is 8.42 Å². The molecule has 0 unspecified atom stereocenters. The number of rotatable bonds is 4. The number of benzene rings is 2. The minimum atomic E-state index is -3.53. The first-order valence-electron chi connectivity index (χ1n) is 6.21. The van der Waals surface area contributed by atoms with Crippen LogP contribution in [0.15, 0.2) is 59.5 Å². The molecular formula is C15H16ClNO2S. The van der Waals surface area contributed by atoms with Crippen molar-refractivity contribution in [2.45, 2.75) is 17.9 Å². The Bertz CT molecular complexity index is 669. The third-order valence-corrected chi connectivity index (χ3v) is 5.51. The summed E-state index contributed by atoms with van der Waals surface area (Å²) in [5, 5.41) is 0.516. The number of hydrogen-bond acceptors (Lipinski definition) is 2. The zero-order valence-electron chi connectivity index (χ0n) is 11.3. The van der Waals surface area contributed by atoms with Crippen molar-refractivity contribution >= 4 is 21.6 Å². The number of nitrogens with zero attached hydrogens (tertiary/aromatic N) is 1. The van der Waals surface area contributed by atoms with Crippen LogP contribution in [0, 0.1) is 0 Å². The lowest BCUT2D eigenvalue weighted by Gasteiger charge is -2.24. The molecule has 0 fully saturated rings. The molecule has 106 valence electrons. The topological polar surface area (TPSA) is 37.4 Å². The summed E-state index contributed by atoms with van der Waals surface area (Å²) in [5.41, 5.74) is 0.951. The average molecular weight is 310 g/mol. The van der Waals surface area contributed by atoms with Gasteiger partial charge in [-0.25, -0.2) is 8.42 Å². The molecule has 0 aliphatic carbocycles. The summed E-state index contributed by atoms with van der Waals surface area (Å²) in [6.07, 6.45) is 0. The maximum Gasteiger partial charge on any atom is 0.243 e. The molecule has 0 aromatic heterocycles. The first kappa shape index (κ1) is 15.0. The first-order chi connectivity index (χ1) is 9.43. The smallest absolute Gasteiger partial charge is 0.207 e. The van der Waals surface area contributed by atoms with Crippen LogP contribution in [0.2, 0.25) is 5.02 Å². The van der Waals surface area contributed by atoms with Gasteiger partial charge in [0, 0.05) is 18.1 Å². The van der Waals surface area contributed by atoms with Crippen LogP contribution in [-0.2, 0) is 10.0 Å². The van der Waals surface area contributed by atoms with Crippen molar-refractivity contribution in [1.82, 2.24) is 4.31 Å². The Morgan fingerprint density at radius 2 is 1.55 bits per heavy atom. The average Bonchev–Trinajstić information content (AvgIpc) is 2.47. The molecule has 2 aromatic carbocycles. The second-order valence-electron chi connectivity index (χ2n) is 4.56. The zero-order chi connectivity index (χ0) is 14.8. The van der Waals surface area contributed by atoms with Gasteiger partial charge < -0.3 is 0 Å². The Labute approximate surface area is 124 Å². The van der Waals surface area contributed by atoms with Gasteiger partial charge in [0.2, 0.25) is 10.0 Å². The summed E-state index contributed by atoms with van der Waals surface area (Å²) in [5.74, 6) is 0. The molecule has 0 aliphatic rings. The van der Waals surface area contributed by atoms with Crippen LogP contribution in [0.1, 0.15) is 18.5 Å². The Morgan fingerprint density at radius 1 is 1.00 bits per heavy atom. The van der Waals surface area contributed by atoms with E-state index < -0.39 is 10.0 Å². The predicted octanol–water partition coefficient (Wildman–Crippen LogP) is 3.72. The summed E-state index contributed by atoms with van der Waals surface area (Å²) in [4.78, 5) is 0.243. The third-order valence-electron chi connectivity index (χ3n) is 3.32. The molecule has 2 aromatic rings. The van der Waals surface area contributed by atoms with Crippen LogP contribution >= 0.6 is 11.6 Å². The van der Waals surface area contributed by atoms with E-state index in [4.69, 9.17) is 11.6 Å². The van der Waals surface area contributed by atoms with Gasteiger partial charge in [0.15, 0.2) is 0 Å². The standard InChI is InChI=1S/C15H16ClNO2S/c1-12(13-6-4-3-5-7-13)17(2)20(18,19)15-10-8-14(16)9-11-15/h3-12H,1-2H3/t12-/m0/s1. The molecular weight excluding hydrogens is 294 g/mol. The summed E-state index contributed by atoms with van der Waals surface area (Å²) in [6.45, 7) is 1.86. The summed E-state index contributed by atoms with van der Waals surface area (Å²) >= 11 is 5.79. The van der Waals surface area contributed by atoms with E-state index in [2.05, 4.69) is 0 Å². The van der Waals surface area contributed by atoms with Crippen molar-refractivity contribution in [1.29, 1.82) is 0 Å². The van der Waals surface area contributed by atoms with Crippen molar-refractivity contribution < 1.29 is 8.42 Å². The SMILES string of the molecule is C[C@@H](c1ccccc1)N(C)S(=O)(=O)c1ccc(Cl)cc1. The monoisotopic (exact) mass is 309 g/mol. The maximum atomic E-state index is 12.5. The van der Waals surface area contributed by atoms with E-state index >= 15 is 0 Å². The van der Waals surface area contributed by atoms with Gasteiger partial charge in [-0.15, -0.1) is 0 Å². The van der Waals surface area contributed by atoms with Gasteiger partial charge in [-0.05, 0) is 36.8 Å². The minimum absolute atomic E-state index is 0.239. The van der Waals surface area contributed by atoms with Crippen LogP contribution in [0.3, 0.4) is 0 Å². The molecule has 0 bridgehead atoms. The van der Waals surface area contributed by atoms with Gasteiger partial charge in [-0.3, -0.25) is 0 Å². The van der Waals surface area contributed by atoms with E-state index in [0.717, 1.165) is 5.56 Å². The molecule has 1 atom stereocenters. The van der Waals surface area contributed by atoms with E-state index in [-0.39, 0.29) is 10.9 Å². The number of hydrogen-bond donors (Lipinski definition) is 0. The fraction of sp³-hybridized carbons (Fsp3) is 0.200. The van der Waals surface area contributed by atoms with E-state index in [0.29, 0.717) is 5.02 Å². The van der Waals surface area contributed by atoms with E-state index in [1.54, 1.807) is 19.2 Å². The highest BCUT2D eigenvalue weighted by molar-refractivity contribution is 7.89. The second-order valence-corrected chi connectivity index (χ2v) is 7.00. The van der Waals surface area contributed by atoms with Crippen molar-refractivity contribution in [3.05, 3.63) is 65.2 Å². The largest absolute Gasteiger partial charge is 0.243 e. The van der Waals surface area contributed by atoms with Gasteiger partial charge >= 0.3 is 0 Å². The molecule has 0 amide bonds. The lowest BCUT2D eigenvalue weighted by Crippen LogP contribution is -2.29. The lowest BCUT2D eigenvalue weighted by molar-refractivity contribution is 0.398. The third kappa shape index (κ3) is 3.03. The van der Waals surface area contributed by atoms with Gasteiger partial charge in [0.1, 0.15) is 0 Å². The molecule has 0 saturated carbocycles. The molecule has 5 heteroatoms. The summed E-state index contributed by atoms with van der Waals surface area (Å²) in [7, 11) is -1.94. The fourth-order valence-electron chi connectivity index (χ4n) is 1.92. The normalized spacial score (nSPS) is 13.4. The fourth-order valence-corrected chi connectivity index (χ4v) is 3.40. The van der Waals surface area contributed by atoms with Crippen LogP contribution in [0.4, 0.5) is 0 Å². The van der Waals surface area contributed by atoms with Crippen LogP contribution in [0.25, 0.3) is 0 Å². The Hall–Kier alpha value is -1.36. The highest BCUT2D eigenvalue weighted by Gasteiger charge is 2.25. The highest BCUT2D eigenvalue weighted by atomic mass is 35.5. The quantitative estimate of drug-likeness (QED) is 0.863. The lowest BCUT2D eigenvalue weighted by atomic mass is 10.1. The molecule has 0 heterocycles. The summed E-state index contributed by atoms with van der Waals surface area (Å²) < 4.78 is 26.4. The molecule has 0 radical (unpaired) electrons. The Morgan fingerprint density at radius 3 is 2.10 bits per heavy atom. The van der Waals surface area contributed by atoms with Crippen LogP contribution in [-0.4, -0.2) is 19.8 Å². The molecule has 0 saturated heterocycles. The van der Waals surface area contributed by atoms with Crippen molar-refractivity contribution in [3.8, 4) is 0 Å². The van der Waals surface area contributed by atoms with Crippen molar-refractivity contribution in [2.75, 3.05) is 7.05 Å². The molecule has 0 N–H and O–H groups in total. The zero-order valence-corrected chi connectivity index (χ0v) is 12.9. The molecule has 20 heavy (non-hydrogen) atoms. The number of halogens is 1. The minimum Gasteiger partial charge on any atom is -0.207 e. The van der Waals surface area contributed by atoms with Gasteiger partial charge in [-0.2, -0.15) is 4.31 Å².